The fraction of sp³-hybridized carbons (Fsp3) is 0.500. The van der Waals surface area contributed by atoms with Gasteiger partial charge in [-0.05, 0) is 49.7 Å². The van der Waals surface area contributed by atoms with Crippen molar-refractivity contribution in [2.45, 2.75) is 25.8 Å². The van der Waals surface area contributed by atoms with Gasteiger partial charge in [0.1, 0.15) is 0 Å². The molecule has 0 bridgehead atoms. The summed E-state index contributed by atoms with van der Waals surface area (Å²) >= 11 is 0. The van der Waals surface area contributed by atoms with Crippen LogP contribution in [0.3, 0.4) is 0 Å². The predicted octanol–water partition coefficient (Wildman–Crippen LogP) is 2.25. The molecule has 1 aliphatic rings. The van der Waals surface area contributed by atoms with E-state index in [0.29, 0.717) is 11.1 Å². The Bertz CT molecular complexity index is 487. The molecule has 5 heteroatoms. The molecule has 0 N–H and O–H groups in total. The maximum Gasteiger partial charge on any atom is 0.337 e. The van der Waals surface area contributed by atoms with E-state index in [9.17, 15) is 9.59 Å². The highest BCUT2D eigenvalue weighted by atomic mass is 16.5. The van der Waals surface area contributed by atoms with E-state index in [0.717, 1.165) is 25.2 Å². The zero-order valence-corrected chi connectivity index (χ0v) is 12.6. The smallest absolute Gasteiger partial charge is 0.337 e. The summed E-state index contributed by atoms with van der Waals surface area (Å²) in [4.78, 5) is 25.8. The first-order valence-corrected chi connectivity index (χ1v) is 7.17. The summed E-state index contributed by atoms with van der Waals surface area (Å²) in [7, 11) is 2.66. The van der Waals surface area contributed by atoms with Crippen molar-refractivity contribution >= 4 is 11.9 Å². The van der Waals surface area contributed by atoms with Gasteiger partial charge in [-0.2, -0.15) is 0 Å². The topological polar surface area (TPSA) is 55.8 Å². The highest BCUT2D eigenvalue weighted by molar-refractivity contribution is 5.95. The maximum atomic E-state index is 11.7. The number of carbonyl (C=O) groups excluding carboxylic acids is 2. The van der Waals surface area contributed by atoms with E-state index >= 15 is 0 Å². The van der Waals surface area contributed by atoms with Gasteiger partial charge >= 0.3 is 11.9 Å². The largest absolute Gasteiger partial charge is 0.465 e. The summed E-state index contributed by atoms with van der Waals surface area (Å²) in [6.45, 7) is 2.83. The van der Waals surface area contributed by atoms with Crippen molar-refractivity contribution in [1.82, 2.24) is 4.90 Å². The molecule has 0 aromatic heterocycles. The Hall–Kier alpha value is -1.88. The molecular weight excluding hydrogens is 270 g/mol. The van der Waals surface area contributed by atoms with Crippen molar-refractivity contribution in [3.63, 3.8) is 0 Å². The molecule has 1 aromatic rings. The maximum absolute atomic E-state index is 11.7. The number of rotatable bonds is 4. The van der Waals surface area contributed by atoms with Crippen LogP contribution in [0.4, 0.5) is 0 Å². The molecule has 1 saturated heterocycles. The Morgan fingerprint density at radius 3 is 1.95 bits per heavy atom. The second-order valence-electron chi connectivity index (χ2n) is 5.24. The summed E-state index contributed by atoms with van der Waals surface area (Å²) in [6.07, 6.45) is 3.66. The van der Waals surface area contributed by atoms with Crippen LogP contribution in [-0.4, -0.2) is 44.1 Å². The van der Waals surface area contributed by atoms with Crippen molar-refractivity contribution in [2.24, 2.45) is 0 Å². The van der Waals surface area contributed by atoms with E-state index < -0.39 is 11.9 Å². The van der Waals surface area contributed by atoms with E-state index in [1.807, 2.05) is 0 Å². The molecule has 1 aromatic carbocycles. The van der Waals surface area contributed by atoms with Crippen LogP contribution >= 0.6 is 0 Å². The average Bonchev–Trinajstić information content (AvgIpc) is 2.53. The van der Waals surface area contributed by atoms with Crippen LogP contribution in [0.2, 0.25) is 0 Å². The van der Waals surface area contributed by atoms with E-state index in [1.165, 1.54) is 39.5 Å². The highest BCUT2D eigenvalue weighted by Crippen LogP contribution is 2.17. The Kier molecular flexibility index (Phi) is 5.33. The van der Waals surface area contributed by atoms with Crippen LogP contribution < -0.4 is 0 Å². The minimum Gasteiger partial charge on any atom is -0.465 e. The van der Waals surface area contributed by atoms with Crippen molar-refractivity contribution in [3.05, 3.63) is 34.9 Å². The van der Waals surface area contributed by atoms with Gasteiger partial charge in [0, 0.05) is 6.54 Å². The molecule has 0 radical (unpaired) electrons. The van der Waals surface area contributed by atoms with E-state index in [4.69, 9.17) is 9.47 Å². The van der Waals surface area contributed by atoms with Crippen molar-refractivity contribution in [2.75, 3.05) is 27.3 Å². The molecule has 0 atom stereocenters. The van der Waals surface area contributed by atoms with Crippen LogP contribution in [0.15, 0.2) is 18.2 Å². The third-order valence-electron chi connectivity index (χ3n) is 3.69. The lowest BCUT2D eigenvalue weighted by molar-refractivity contribution is 0.0598. The lowest BCUT2D eigenvalue weighted by Gasteiger charge is -2.26. The molecule has 0 unspecified atom stereocenters. The number of hydrogen-bond donors (Lipinski definition) is 0. The number of likely N-dealkylation sites (tertiary alicyclic amines) is 1. The summed E-state index contributed by atoms with van der Waals surface area (Å²) in [5.41, 5.74) is 1.69. The first kappa shape index (κ1) is 15.5. The second kappa shape index (κ2) is 7.22. The lowest BCUT2D eigenvalue weighted by Crippen LogP contribution is -2.29. The van der Waals surface area contributed by atoms with Gasteiger partial charge in [0.15, 0.2) is 0 Å². The van der Waals surface area contributed by atoms with E-state index in [1.54, 1.807) is 12.1 Å². The first-order chi connectivity index (χ1) is 10.1. The number of nitrogens with zero attached hydrogens (tertiary/aromatic N) is 1. The molecule has 0 amide bonds. The molecular formula is C16H21NO4. The zero-order valence-electron chi connectivity index (χ0n) is 12.6. The molecule has 0 spiro atoms. The fourth-order valence-electron chi connectivity index (χ4n) is 2.63. The van der Waals surface area contributed by atoms with Gasteiger partial charge in [-0.1, -0.05) is 6.42 Å². The summed E-state index contributed by atoms with van der Waals surface area (Å²) in [5.74, 6) is -0.888. The second-order valence-corrected chi connectivity index (χ2v) is 5.24. The number of ether oxygens (including phenoxy) is 2. The first-order valence-electron chi connectivity index (χ1n) is 7.17. The Morgan fingerprint density at radius 1 is 0.952 bits per heavy atom. The van der Waals surface area contributed by atoms with Crippen LogP contribution in [0.1, 0.15) is 45.5 Å². The third-order valence-corrected chi connectivity index (χ3v) is 3.69. The third kappa shape index (κ3) is 4.04. The quantitative estimate of drug-likeness (QED) is 0.796. The molecule has 0 saturated carbocycles. The lowest BCUT2D eigenvalue weighted by atomic mass is 10.0. The Labute approximate surface area is 124 Å². The van der Waals surface area contributed by atoms with E-state index in [-0.39, 0.29) is 0 Å². The predicted molar refractivity (Wildman–Crippen MR) is 78.2 cm³/mol. The minimum absolute atomic E-state index is 0.382. The van der Waals surface area contributed by atoms with Gasteiger partial charge in [0.2, 0.25) is 0 Å². The van der Waals surface area contributed by atoms with Crippen LogP contribution in [0.5, 0.6) is 0 Å². The average molecular weight is 291 g/mol. The molecule has 2 rings (SSSR count). The summed E-state index contributed by atoms with van der Waals surface area (Å²) in [6, 6.07) is 5.08. The van der Waals surface area contributed by atoms with Crippen molar-refractivity contribution in [1.29, 1.82) is 0 Å². The van der Waals surface area contributed by atoms with Gasteiger partial charge < -0.3 is 9.47 Å². The highest BCUT2D eigenvalue weighted by Gasteiger charge is 2.16. The van der Waals surface area contributed by atoms with Crippen LogP contribution in [-0.2, 0) is 16.0 Å². The molecule has 5 nitrogen and oxygen atoms in total. The van der Waals surface area contributed by atoms with E-state index in [2.05, 4.69) is 4.90 Å². The Morgan fingerprint density at radius 2 is 1.48 bits per heavy atom. The molecule has 1 aliphatic heterocycles. The standard InChI is InChI=1S/C16H21NO4/c1-20-15(18)13-8-12(9-14(10-13)16(19)21-2)11-17-6-4-3-5-7-17/h8-10H,3-7,11H2,1-2H3. The molecule has 1 heterocycles. The minimum atomic E-state index is -0.444. The van der Waals surface area contributed by atoms with Crippen molar-refractivity contribution in [3.8, 4) is 0 Å². The van der Waals surface area contributed by atoms with Gasteiger partial charge in [-0.3, -0.25) is 4.90 Å². The number of hydrogen-bond acceptors (Lipinski definition) is 5. The number of benzene rings is 1. The number of carbonyl (C=O) groups is 2. The molecule has 0 aliphatic carbocycles. The van der Waals surface area contributed by atoms with Gasteiger partial charge in [0.05, 0.1) is 25.3 Å². The Balaban J connectivity index is 2.25. The summed E-state index contributed by atoms with van der Waals surface area (Å²) in [5, 5.41) is 0. The summed E-state index contributed by atoms with van der Waals surface area (Å²) < 4.78 is 9.49. The zero-order chi connectivity index (χ0) is 15.2. The SMILES string of the molecule is COC(=O)c1cc(CN2CCCCC2)cc(C(=O)OC)c1. The van der Waals surface area contributed by atoms with Gasteiger partial charge in [-0.15, -0.1) is 0 Å². The molecule has 1 fully saturated rings. The monoisotopic (exact) mass is 291 g/mol. The van der Waals surface area contributed by atoms with Crippen molar-refractivity contribution < 1.29 is 19.1 Å². The molecule has 21 heavy (non-hydrogen) atoms. The van der Waals surface area contributed by atoms with Crippen LogP contribution in [0, 0.1) is 0 Å². The number of methoxy groups -OCH3 is 2. The fourth-order valence-corrected chi connectivity index (χ4v) is 2.63. The normalized spacial score (nSPS) is 15.5. The molecule has 114 valence electrons. The number of piperidine rings is 1. The van der Waals surface area contributed by atoms with Gasteiger partial charge in [0.25, 0.3) is 0 Å². The number of esters is 2. The van der Waals surface area contributed by atoms with Crippen LogP contribution in [0.25, 0.3) is 0 Å². The van der Waals surface area contributed by atoms with Gasteiger partial charge in [-0.25, -0.2) is 9.59 Å².